The summed E-state index contributed by atoms with van der Waals surface area (Å²) < 4.78 is 5.51. The lowest BCUT2D eigenvalue weighted by molar-refractivity contribution is -0.611. The topological polar surface area (TPSA) is 46.1 Å². The Balaban J connectivity index is 0.00000242. The summed E-state index contributed by atoms with van der Waals surface area (Å²) in [4.78, 5) is 13.9. The first kappa shape index (κ1) is 19.2. The Morgan fingerprint density at radius 3 is 2.55 bits per heavy atom. The van der Waals surface area contributed by atoms with E-state index in [1.54, 1.807) is 4.90 Å². The van der Waals surface area contributed by atoms with E-state index in [0.717, 1.165) is 44.5 Å². The predicted molar refractivity (Wildman–Crippen MR) is 83.8 cm³/mol. The molecule has 22 heavy (non-hydrogen) atoms. The minimum atomic E-state index is -0.214. The van der Waals surface area contributed by atoms with Gasteiger partial charge in [-0.3, -0.25) is 0 Å². The van der Waals surface area contributed by atoms with Crippen LogP contribution >= 0.6 is 0 Å². The number of ether oxygens (including phenoxy) is 1. The first-order chi connectivity index (χ1) is 10.2. The molecule has 0 spiro atoms. The zero-order valence-electron chi connectivity index (χ0n) is 13.6. The normalized spacial score (nSPS) is 14.6. The van der Waals surface area contributed by atoms with Gasteiger partial charge in [0, 0.05) is 19.2 Å². The van der Waals surface area contributed by atoms with Gasteiger partial charge in [-0.1, -0.05) is 19.9 Å². The van der Waals surface area contributed by atoms with Crippen molar-refractivity contribution in [3.8, 4) is 5.75 Å². The van der Waals surface area contributed by atoms with Crippen molar-refractivity contribution < 1.29 is 38.8 Å². The highest BCUT2D eigenvalue weighted by molar-refractivity contribution is 5.71. The molecule has 0 aliphatic carbocycles. The molecular weight excluding hydrogens is 391 g/mol. The Morgan fingerprint density at radius 1 is 1.23 bits per heavy atom. The predicted octanol–water partition coefficient (Wildman–Crippen LogP) is 0.0588. The number of hydrogen-bond acceptors (Lipinski definition) is 2. The number of hydrogen-bond donors (Lipinski definition) is 1. The van der Waals surface area contributed by atoms with Crippen molar-refractivity contribution in [1.29, 1.82) is 0 Å². The maximum Gasteiger partial charge on any atom is 0.415 e. The lowest BCUT2D eigenvalue weighted by Crippen LogP contribution is -3.00. The molecule has 1 aromatic carbocycles. The summed E-state index contributed by atoms with van der Waals surface area (Å²) >= 11 is 0. The van der Waals surface area contributed by atoms with Gasteiger partial charge in [0.1, 0.15) is 11.4 Å². The van der Waals surface area contributed by atoms with E-state index in [9.17, 15) is 4.79 Å². The number of carbonyl (C=O) groups is 1. The second-order valence-electron chi connectivity index (χ2n) is 5.73. The Labute approximate surface area is 150 Å². The summed E-state index contributed by atoms with van der Waals surface area (Å²) in [5.41, 5.74) is 1.13. The van der Waals surface area contributed by atoms with Crippen LogP contribution in [0.4, 0.5) is 10.5 Å². The smallest absolute Gasteiger partial charge is 0.415 e. The van der Waals surface area contributed by atoms with Gasteiger partial charge in [0.05, 0.1) is 6.04 Å². The number of halogens is 1. The van der Waals surface area contributed by atoms with E-state index in [-0.39, 0.29) is 30.1 Å². The Kier molecular flexibility index (Phi) is 8.78. The molecule has 0 aromatic heterocycles. The number of quaternary nitrogens is 1. The number of nitrogens with zero attached hydrogens (tertiary/aromatic N) is 1. The molecule has 1 heterocycles. The van der Waals surface area contributed by atoms with Crippen LogP contribution in [-0.2, 0) is 0 Å². The van der Waals surface area contributed by atoms with Gasteiger partial charge < -0.3 is 38.9 Å². The lowest BCUT2D eigenvalue weighted by atomic mass is 10.1. The van der Waals surface area contributed by atoms with Crippen molar-refractivity contribution in [3.05, 3.63) is 24.3 Å². The molecule has 5 heteroatoms. The lowest BCUT2D eigenvalue weighted by Gasteiger charge is -2.25. The average Bonchev–Trinajstić information content (AvgIpc) is 2.53. The zero-order valence-corrected chi connectivity index (χ0v) is 15.7. The first-order valence-corrected chi connectivity index (χ1v) is 8.14. The fourth-order valence-electron chi connectivity index (χ4n) is 2.72. The third-order valence-electron chi connectivity index (χ3n) is 4.15. The number of nitrogens with two attached hydrogens (primary N) is 1. The fraction of sp³-hybridized carbons (Fsp3) is 0.588. The highest BCUT2D eigenvalue weighted by Crippen LogP contribution is 2.17. The maximum atomic E-state index is 12.1. The molecular formula is C17H27IN2O2. The molecule has 1 aromatic rings. The quantitative estimate of drug-likeness (QED) is 0.543. The first-order valence-electron chi connectivity index (χ1n) is 8.14. The Morgan fingerprint density at radius 2 is 1.91 bits per heavy atom. The monoisotopic (exact) mass is 418 g/mol. The third-order valence-corrected chi connectivity index (χ3v) is 4.15. The van der Waals surface area contributed by atoms with Gasteiger partial charge in [0.15, 0.2) is 0 Å². The van der Waals surface area contributed by atoms with E-state index in [2.05, 4.69) is 25.2 Å². The van der Waals surface area contributed by atoms with Crippen LogP contribution in [0, 0.1) is 0 Å². The van der Waals surface area contributed by atoms with Crippen molar-refractivity contribution in [2.75, 3.05) is 13.1 Å². The molecule has 1 aliphatic rings. The van der Waals surface area contributed by atoms with Gasteiger partial charge in [0.25, 0.3) is 0 Å². The molecule has 4 nitrogen and oxygen atoms in total. The van der Waals surface area contributed by atoms with E-state index in [0.29, 0.717) is 11.8 Å². The van der Waals surface area contributed by atoms with Gasteiger partial charge in [-0.2, -0.15) is 0 Å². The SMILES string of the molecule is CCC(CC)[NH2+]c1cccc(OC(=O)N2CCCCC2)c1.[I-]. The van der Waals surface area contributed by atoms with E-state index in [1.165, 1.54) is 6.42 Å². The molecule has 2 N–H and O–H groups in total. The van der Waals surface area contributed by atoms with E-state index >= 15 is 0 Å². The summed E-state index contributed by atoms with van der Waals surface area (Å²) in [5, 5.41) is 2.26. The molecule has 0 atom stereocenters. The third kappa shape index (κ3) is 5.76. The van der Waals surface area contributed by atoms with Gasteiger partial charge in [-0.05, 0) is 44.2 Å². The number of likely N-dealkylation sites (tertiary alicyclic amines) is 1. The molecule has 1 saturated heterocycles. The van der Waals surface area contributed by atoms with Crippen molar-refractivity contribution >= 4 is 11.8 Å². The minimum Gasteiger partial charge on any atom is -1.00 e. The molecule has 0 radical (unpaired) electrons. The number of rotatable bonds is 5. The van der Waals surface area contributed by atoms with Gasteiger partial charge >= 0.3 is 6.09 Å². The van der Waals surface area contributed by atoms with Crippen molar-refractivity contribution in [1.82, 2.24) is 4.90 Å². The standard InChI is InChI=1S/C17H26N2O2.HI/c1-3-14(4-2)18-15-9-8-10-16(13-15)21-17(20)19-11-6-5-7-12-19;/h8-10,13-14,18H,3-7,11-12H2,1-2H3;1H. The van der Waals surface area contributed by atoms with Crippen LogP contribution in [0.1, 0.15) is 46.0 Å². The molecule has 0 saturated carbocycles. The molecule has 2 rings (SSSR count). The van der Waals surface area contributed by atoms with Crippen LogP contribution in [0.15, 0.2) is 24.3 Å². The zero-order chi connectivity index (χ0) is 15.1. The summed E-state index contributed by atoms with van der Waals surface area (Å²) in [6.45, 7) is 6.03. The average molecular weight is 418 g/mol. The summed E-state index contributed by atoms with van der Waals surface area (Å²) in [6, 6.07) is 8.41. The summed E-state index contributed by atoms with van der Waals surface area (Å²) in [6.07, 6.45) is 5.43. The van der Waals surface area contributed by atoms with Crippen LogP contribution in [-0.4, -0.2) is 30.1 Å². The van der Waals surface area contributed by atoms with Crippen LogP contribution < -0.4 is 34.0 Å². The molecule has 124 valence electrons. The molecule has 0 bridgehead atoms. The molecule has 1 aliphatic heterocycles. The van der Waals surface area contributed by atoms with Gasteiger partial charge in [0.2, 0.25) is 0 Å². The summed E-state index contributed by atoms with van der Waals surface area (Å²) in [7, 11) is 0. The Hall–Kier alpha value is -0.820. The maximum absolute atomic E-state index is 12.1. The van der Waals surface area contributed by atoms with Crippen LogP contribution in [0.3, 0.4) is 0 Å². The highest BCUT2D eigenvalue weighted by Gasteiger charge is 2.18. The summed E-state index contributed by atoms with van der Waals surface area (Å²) in [5.74, 6) is 0.644. The largest absolute Gasteiger partial charge is 1.00 e. The van der Waals surface area contributed by atoms with Crippen LogP contribution in [0.25, 0.3) is 0 Å². The van der Waals surface area contributed by atoms with E-state index < -0.39 is 0 Å². The highest BCUT2D eigenvalue weighted by atomic mass is 127. The van der Waals surface area contributed by atoms with Crippen molar-refractivity contribution in [2.45, 2.75) is 52.0 Å². The number of carbonyl (C=O) groups excluding carboxylic acids is 1. The molecule has 1 fully saturated rings. The van der Waals surface area contributed by atoms with Crippen molar-refractivity contribution in [2.24, 2.45) is 0 Å². The van der Waals surface area contributed by atoms with Gasteiger partial charge in [-0.15, -0.1) is 0 Å². The molecule has 0 unspecified atom stereocenters. The number of amides is 1. The van der Waals surface area contributed by atoms with Crippen molar-refractivity contribution in [3.63, 3.8) is 0 Å². The van der Waals surface area contributed by atoms with E-state index in [1.807, 2.05) is 18.2 Å². The van der Waals surface area contributed by atoms with E-state index in [4.69, 9.17) is 4.74 Å². The van der Waals surface area contributed by atoms with Crippen LogP contribution in [0.5, 0.6) is 5.75 Å². The second kappa shape index (κ2) is 10.0. The fourth-order valence-corrected chi connectivity index (χ4v) is 2.72. The number of benzene rings is 1. The number of piperidine rings is 1. The van der Waals surface area contributed by atoms with Crippen LogP contribution in [0.2, 0.25) is 0 Å². The Bertz CT molecular complexity index is 458. The molecule has 1 amide bonds. The van der Waals surface area contributed by atoms with Gasteiger partial charge in [-0.25, -0.2) is 4.79 Å². The second-order valence-corrected chi connectivity index (χ2v) is 5.73. The minimum absolute atomic E-state index is 0.